The Bertz CT molecular complexity index is 1390. The van der Waals surface area contributed by atoms with E-state index in [1.54, 1.807) is 12.1 Å². The first kappa shape index (κ1) is 31.5. The topological polar surface area (TPSA) is 73.9 Å². The van der Waals surface area contributed by atoms with Gasteiger partial charge in [-0.15, -0.1) is 0 Å². The van der Waals surface area contributed by atoms with Gasteiger partial charge in [0.25, 0.3) is 11.8 Å². The maximum atomic E-state index is 13.5. The molecule has 2 aliphatic rings. The molecule has 3 aromatic carbocycles. The molecule has 2 heterocycles. The van der Waals surface area contributed by atoms with Crippen molar-refractivity contribution in [2.75, 3.05) is 62.7 Å². The first-order valence-electron chi connectivity index (χ1n) is 15.3. The fraction of sp³-hybridized carbons (Fsp3) is 0.412. The summed E-state index contributed by atoms with van der Waals surface area (Å²) in [6, 6.07) is 19.8. The number of hydrogen-bond acceptors (Lipinski definition) is 5. The lowest BCUT2D eigenvalue weighted by Gasteiger charge is -2.35. The Kier molecular flexibility index (Phi) is 10.6. The van der Waals surface area contributed by atoms with E-state index in [9.17, 15) is 22.8 Å². The molecule has 0 radical (unpaired) electrons. The number of benzene rings is 3. The Balaban J connectivity index is 1.26. The standard InChI is InChI=1S/C34H39F3N4O3/c35-34(36,37)28-9-7-27(8-10-28)32(42)39-29-11-12-31(41-17-13-26(14-18-41)23-25-5-2-1-3-6-25)30(24-29)33(43)38-15-4-16-40-19-21-44-22-20-40/h1-3,5-12,24,26H,4,13-23H2,(H,38,43)(H,39,42). The third-order valence-corrected chi connectivity index (χ3v) is 8.34. The molecule has 2 fully saturated rings. The summed E-state index contributed by atoms with van der Waals surface area (Å²) in [5.74, 6) is -0.211. The molecule has 0 unspecified atom stereocenters. The number of carbonyl (C=O) groups is 2. The van der Waals surface area contributed by atoms with Crippen LogP contribution in [0.15, 0.2) is 72.8 Å². The van der Waals surface area contributed by atoms with Crippen molar-refractivity contribution in [1.82, 2.24) is 10.2 Å². The van der Waals surface area contributed by atoms with Crippen molar-refractivity contribution in [2.45, 2.75) is 31.9 Å². The van der Waals surface area contributed by atoms with E-state index in [1.807, 2.05) is 12.1 Å². The number of nitrogens with one attached hydrogen (secondary N) is 2. The fourth-order valence-electron chi connectivity index (χ4n) is 5.84. The Morgan fingerprint density at radius 2 is 1.57 bits per heavy atom. The number of halogens is 3. The van der Waals surface area contributed by atoms with Gasteiger partial charge >= 0.3 is 6.18 Å². The van der Waals surface area contributed by atoms with Crippen LogP contribution in [0.3, 0.4) is 0 Å². The minimum Gasteiger partial charge on any atom is -0.379 e. The van der Waals surface area contributed by atoms with Crippen molar-refractivity contribution in [3.63, 3.8) is 0 Å². The molecule has 0 saturated carbocycles. The molecule has 3 aromatic rings. The second-order valence-corrected chi connectivity index (χ2v) is 11.4. The van der Waals surface area contributed by atoms with Crippen LogP contribution >= 0.6 is 0 Å². The van der Waals surface area contributed by atoms with Gasteiger partial charge in [-0.1, -0.05) is 30.3 Å². The molecule has 2 saturated heterocycles. The van der Waals surface area contributed by atoms with E-state index in [-0.39, 0.29) is 11.5 Å². The van der Waals surface area contributed by atoms with Crippen LogP contribution in [-0.4, -0.2) is 69.2 Å². The van der Waals surface area contributed by atoms with Crippen LogP contribution in [0.25, 0.3) is 0 Å². The van der Waals surface area contributed by atoms with Crippen LogP contribution in [0, 0.1) is 5.92 Å². The highest BCUT2D eigenvalue weighted by atomic mass is 19.4. The van der Waals surface area contributed by atoms with Gasteiger partial charge < -0.3 is 20.3 Å². The molecule has 10 heteroatoms. The summed E-state index contributed by atoms with van der Waals surface area (Å²) < 4.78 is 44.3. The number of anilines is 2. The van der Waals surface area contributed by atoms with E-state index in [2.05, 4.69) is 44.7 Å². The summed E-state index contributed by atoms with van der Waals surface area (Å²) in [6.45, 7) is 6.23. The van der Waals surface area contributed by atoms with Gasteiger partial charge in [0, 0.05) is 49.7 Å². The van der Waals surface area contributed by atoms with E-state index in [1.165, 1.54) is 5.56 Å². The summed E-state index contributed by atoms with van der Waals surface area (Å²) in [4.78, 5) is 30.9. The zero-order valence-electron chi connectivity index (χ0n) is 24.7. The average molecular weight is 609 g/mol. The molecule has 2 aliphatic heterocycles. The Morgan fingerprint density at radius 3 is 2.25 bits per heavy atom. The zero-order chi connectivity index (χ0) is 30.9. The Hall–Kier alpha value is -3.89. The number of rotatable bonds is 10. The van der Waals surface area contributed by atoms with Crippen LogP contribution in [0.4, 0.5) is 24.5 Å². The van der Waals surface area contributed by atoms with E-state index in [4.69, 9.17) is 4.74 Å². The lowest BCUT2D eigenvalue weighted by Crippen LogP contribution is -2.38. The average Bonchev–Trinajstić information content (AvgIpc) is 3.04. The maximum Gasteiger partial charge on any atom is 0.416 e. The molecule has 2 amide bonds. The second kappa shape index (κ2) is 14.7. The summed E-state index contributed by atoms with van der Waals surface area (Å²) in [5.41, 5.74) is 2.27. The molecule has 0 aromatic heterocycles. The highest BCUT2D eigenvalue weighted by Crippen LogP contribution is 2.31. The predicted molar refractivity (Wildman–Crippen MR) is 165 cm³/mol. The van der Waals surface area contributed by atoms with Gasteiger partial charge in [-0.2, -0.15) is 13.2 Å². The molecule has 2 N–H and O–H groups in total. The number of alkyl halides is 3. The van der Waals surface area contributed by atoms with E-state index in [0.717, 1.165) is 102 Å². The smallest absolute Gasteiger partial charge is 0.379 e. The molecule has 5 rings (SSSR count). The lowest BCUT2D eigenvalue weighted by atomic mass is 9.89. The molecule has 234 valence electrons. The van der Waals surface area contributed by atoms with E-state index >= 15 is 0 Å². The molecule has 0 bridgehead atoms. The van der Waals surface area contributed by atoms with Gasteiger partial charge in [-0.3, -0.25) is 14.5 Å². The van der Waals surface area contributed by atoms with Gasteiger partial charge in [0.2, 0.25) is 0 Å². The second-order valence-electron chi connectivity index (χ2n) is 11.4. The van der Waals surface area contributed by atoms with Crippen LogP contribution < -0.4 is 15.5 Å². The molecule has 0 aliphatic carbocycles. The third kappa shape index (κ3) is 8.60. The maximum absolute atomic E-state index is 13.5. The summed E-state index contributed by atoms with van der Waals surface area (Å²) in [7, 11) is 0. The zero-order valence-corrected chi connectivity index (χ0v) is 24.7. The highest BCUT2D eigenvalue weighted by Gasteiger charge is 2.30. The van der Waals surface area contributed by atoms with Gasteiger partial charge in [0.1, 0.15) is 0 Å². The van der Waals surface area contributed by atoms with Crippen molar-refractivity contribution in [2.24, 2.45) is 5.92 Å². The number of hydrogen-bond donors (Lipinski definition) is 2. The minimum atomic E-state index is -4.48. The van der Waals surface area contributed by atoms with Crippen molar-refractivity contribution in [3.05, 3.63) is 95.1 Å². The Morgan fingerprint density at radius 1 is 0.864 bits per heavy atom. The summed E-state index contributed by atoms with van der Waals surface area (Å²) in [6.07, 6.45) is -0.647. The largest absolute Gasteiger partial charge is 0.416 e. The molecular formula is C34H39F3N4O3. The number of piperidine rings is 1. The van der Waals surface area contributed by atoms with Gasteiger partial charge in [0.15, 0.2) is 0 Å². The first-order chi connectivity index (χ1) is 21.3. The highest BCUT2D eigenvalue weighted by molar-refractivity contribution is 6.06. The molecule has 0 atom stereocenters. The quantitative estimate of drug-likeness (QED) is 0.282. The molecule has 0 spiro atoms. The lowest BCUT2D eigenvalue weighted by molar-refractivity contribution is -0.137. The number of ether oxygens (including phenoxy) is 1. The normalized spacial score (nSPS) is 16.5. The van der Waals surface area contributed by atoms with Crippen LogP contribution in [0.1, 0.15) is 51.1 Å². The van der Waals surface area contributed by atoms with E-state index < -0.39 is 17.6 Å². The van der Waals surface area contributed by atoms with Crippen molar-refractivity contribution < 1.29 is 27.5 Å². The molecule has 7 nitrogen and oxygen atoms in total. The number of nitrogens with zero attached hydrogens (tertiary/aromatic N) is 2. The fourth-order valence-corrected chi connectivity index (χ4v) is 5.84. The molecule has 44 heavy (non-hydrogen) atoms. The van der Waals surface area contributed by atoms with Gasteiger partial charge in [-0.25, -0.2) is 0 Å². The predicted octanol–water partition coefficient (Wildman–Crippen LogP) is 5.87. The monoisotopic (exact) mass is 608 g/mol. The van der Waals surface area contributed by atoms with Crippen LogP contribution in [-0.2, 0) is 17.3 Å². The third-order valence-electron chi connectivity index (χ3n) is 8.34. The summed E-state index contributed by atoms with van der Waals surface area (Å²) >= 11 is 0. The van der Waals surface area contributed by atoms with Crippen LogP contribution in [0.5, 0.6) is 0 Å². The van der Waals surface area contributed by atoms with Crippen molar-refractivity contribution >= 4 is 23.2 Å². The number of amides is 2. The van der Waals surface area contributed by atoms with Gasteiger partial charge in [0.05, 0.1) is 24.3 Å². The van der Waals surface area contributed by atoms with Crippen molar-refractivity contribution in [1.29, 1.82) is 0 Å². The van der Waals surface area contributed by atoms with Crippen LogP contribution in [0.2, 0.25) is 0 Å². The SMILES string of the molecule is O=C(Nc1ccc(N2CCC(Cc3ccccc3)CC2)c(C(=O)NCCCN2CCOCC2)c1)c1ccc(C(F)(F)F)cc1. The Labute approximate surface area is 256 Å². The summed E-state index contributed by atoms with van der Waals surface area (Å²) in [5, 5.41) is 5.80. The minimum absolute atomic E-state index is 0.0941. The first-order valence-corrected chi connectivity index (χ1v) is 15.3. The number of morpholine rings is 1. The molecular weight excluding hydrogens is 569 g/mol. The van der Waals surface area contributed by atoms with Gasteiger partial charge in [-0.05, 0) is 86.2 Å². The van der Waals surface area contributed by atoms with E-state index in [0.29, 0.717) is 23.7 Å². The number of carbonyl (C=O) groups excluding carboxylic acids is 2. The van der Waals surface area contributed by atoms with Crippen molar-refractivity contribution in [3.8, 4) is 0 Å².